The number of ketones is 1. The monoisotopic (exact) mass is 394 g/mol. The third kappa shape index (κ3) is 3.00. The van der Waals surface area contributed by atoms with Crippen LogP contribution in [0.25, 0.3) is 6.08 Å². The van der Waals surface area contributed by atoms with E-state index in [1.165, 1.54) is 19.3 Å². The maximum Gasteiger partial charge on any atom is 0.165 e. The molecule has 3 heteroatoms. The summed E-state index contributed by atoms with van der Waals surface area (Å²) in [5, 5.41) is 10.2. The zero-order chi connectivity index (χ0) is 20.2. The lowest BCUT2D eigenvalue weighted by Gasteiger charge is -2.59. The first-order valence-electron chi connectivity index (χ1n) is 11.6. The van der Waals surface area contributed by atoms with Crippen molar-refractivity contribution >= 4 is 11.9 Å². The van der Waals surface area contributed by atoms with E-state index in [0.717, 1.165) is 49.4 Å². The Hall–Kier alpha value is -1.61. The summed E-state index contributed by atoms with van der Waals surface area (Å²) in [4.78, 5) is 13.4. The first-order valence-corrected chi connectivity index (χ1v) is 11.6. The lowest BCUT2D eigenvalue weighted by molar-refractivity contribution is -0.141. The van der Waals surface area contributed by atoms with Crippen LogP contribution >= 0.6 is 0 Å². The quantitative estimate of drug-likeness (QED) is 0.645. The molecule has 0 bridgehead atoms. The molecule has 0 radical (unpaired) electrons. The third-order valence-corrected chi connectivity index (χ3v) is 9.38. The molecule has 1 N–H and O–H groups in total. The smallest absolute Gasteiger partial charge is 0.165 e. The summed E-state index contributed by atoms with van der Waals surface area (Å²) in [6.07, 6.45) is 16.2. The van der Waals surface area contributed by atoms with Crippen molar-refractivity contribution in [3.63, 3.8) is 0 Å². The van der Waals surface area contributed by atoms with Gasteiger partial charge in [-0.1, -0.05) is 26.0 Å². The van der Waals surface area contributed by atoms with Gasteiger partial charge in [0, 0.05) is 5.41 Å². The molecule has 5 rings (SSSR count). The predicted molar refractivity (Wildman–Crippen MR) is 114 cm³/mol. The van der Waals surface area contributed by atoms with Crippen molar-refractivity contribution in [3.8, 4) is 0 Å². The number of allylic oxidation sites excluding steroid dienone is 3. The highest BCUT2D eigenvalue weighted by molar-refractivity contribution is 6.02. The molecule has 156 valence electrons. The van der Waals surface area contributed by atoms with Crippen LogP contribution in [-0.2, 0) is 4.79 Å². The predicted octanol–water partition coefficient (Wildman–Crippen LogP) is 5.80. The van der Waals surface area contributed by atoms with Gasteiger partial charge in [0.1, 0.15) is 5.76 Å². The summed E-state index contributed by atoms with van der Waals surface area (Å²) < 4.78 is 5.36. The van der Waals surface area contributed by atoms with E-state index < -0.39 is 0 Å². The number of hydrogen-bond donors (Lipinski definition) is 1. The van der Waals surface area contributed by atoms with Crippen LogP contribution in [0.4, 0.5) is 0 Å². The fourth-order valence-electron chi connectivity index (χ4n) is 7.70. The van der Waals surface area contributed by atoms with Crippen LogP contribution in [0, 0.1) is 34.5 Å². The second kappa shape index (κ2) is 6.97. The van der Waals surface area contributed by atoms with Gasteiger partial charge >= 0.3 is 0 Å². The minimum absolute atomic E-state index is 0.0953. The summed E-state index contributed by atoms with van der Waals surface area (Å²) >= 11 is 0. The Kier molecular flexibility index (Phi) is 4.66. The molecule has 4 aliphatic rings. The number of furan rings is 1. The van der Waals surface area contributed by atoms with Gasteiger partial charge in [-0.3, -0.25) is 4.79 Å². The molecule has 1 aromatic heterocycles. The lowest BCUT2D eigenvalue weighted by Crippen LogP contribution is -2.54. The molecular weight excluding hydrogens is 360 g/mol. The minimum atomic E-state index is -0.178. The molecule has 0 amide bonds. The Morgan fingerprint density at radius 3 is 2.79 bits per heavy atom. The molecule has 3 unspecified atom stereocenters. The van der Waals surface area contributed by atoms with Gasteiger partial charge in [0.15, 0.2) is 5.78 Å². The SMILES string of the molecule is C[C@]12CCC3C(CC[C@H]4C[C@@H](O)CC[C@]34C)C1C/C(=C\C=C\c1ccco1)C2=O. The highest BCUT2D eigenvalue weighted by Crippen LogP contribution is 2.66. The second-order valence-corrected chi connectivity index (χ2v) is 10.6. The number of aliphatic hydroxyl groups excluding tert-OH is 1. The van der Waals surface area contributed by atoms with Gasteiger partial charge < -0.3 is 9.52 Å². The number of Topliss-reactive ketones (excluding diaryl/α,β-unsaturated/α-hetero) is 1. The molecule has 4 fully saturated rings. The Bertz CT molecular complexity index is 834. The van der Waals surface area contributed by atoms with Crippen molar-refractivity contribution in [2.45, 2.75) is 71.3 Å². The number of carbonyl (C=O) groups is 1. The maximum absolute atomic E-state index is 13.4. The van der Waals surface area contributed by atoms with Crippen molar-refractivity contribution in [2.75, 3.05) is 0 Å². The summed E-state index contributed by atoms with van der Waals surface area (Å²) in [5.74, 6) is 3.74. The van der Waals surface area contributed by atoms with Gasteiger partial charge in [-0.2, -0.15) is 0 Å². The fraction of sp³-hybridized carbons (Fsp3) is 0.654. The average molecular weight is 395 g/mol. The Balaban J connectivity index is 1.39. The molecule has 7 atom stereocenters. The Morgan fingerprint density at radius 2 is 2.00 bits per heavy atom. The first-order chi connectivity index (χ1) is 13.9. The Morgan fingerprint density at radius 1 is 1.14 bits per heavy atom. The zero-order valence-corrected chi connectivity index (χ0v) is 17.8. The molecule has 0 aromatic carbocycles. The van der Waals surface area contributed by atoms with E-state index in [1.807, 2.05) is 30.4 Å². The van der Waals surface area contributed by atoms with E-state index >= 15 is 0 Å². The van der Waals surface area contributed by atoms with Gasteiger partial charge in [0.2, 0.25) is 0 Å². The first kappa shape index (κ1) is 19.4. The second-order valence-electron chi connectivity index (χ2n) is 10.6. The Labute approximate surface area is 174 Å². The molecule has 1 aromatic rings. The summed E-state index contributed by atoms with van der Waals surface area (Å²) in [6.45, 7) is 4.75. The van der Waals surface area contributed by atoms with Gasteiger partial charge in [0.25, 0.3) is 0 Å². The molecule has 29 heavy (non-hydrogen) atoms. The van der Waals surface area contributed by atoms with Crippen LogP contribution in [0.3, 0.4) is 0 Å². The van der Waals surface area contributed by atoms with Gasteiger partial charge in [0.05, 0.1) is 12.4 Å². The van der Waals surface area contributed by atoms with Gasteiger partial charge in [-0.05, 0) is 104 Å². The van der Waals surface area contributed by atoms with E-state index in [2.05, 4.69) is 13.8 Å². The zero-order valence-electron chi connectivity index (χ0n) is 17.8. The van der Waals surface area contributed by atoms with Gasteiger partial charge in [-0.15, -0.1) is 0 Å². The molecule has 4 saturated carbocycles. The van der Waals surface area contributed by atoms with E-state index in [1.54, 1.807) is 6.26 Å². The van der Waals surface area contributed by atoms with Crippen molar-refractivity contribution in [3.05, 3.63) is 41.9 Å². The van der Waals surface area contributed by atoms with Crippen LogP contribution in [0.2, 0.25) is 0 Å². The summed E-state index contributed by atoms with van der Waals surface area (Å²) in [5.41, 5.74) is 1.19. The summed E-state index contributed by atoms with van der Waals surface area (Å²) in [7, 11) is 0. The number of rotatable bonds is 2. The van der Waals surface area contributed by atoms with Crippen molar-refractivity contribution in [1.82, 2.24) is 0 Å². The topological polar surface area (TPSA) is 50.4 Å². The molecule has 0 saturated heterocycles. The van der Waals surface area contributed by atoms with Crippen LogP contribution in [0.15, 0.2) is 40.5 Å². The van der Waals surface area contributed by atoms with Crippen LogP contribution in [0.5, 0.6) is 0 Å². The van der Waals surface area contributed by atoms with Crippen molar-refractivity contribution in [2.24, 2.45) is 34.5 Å². The standard InChI is InChI=1S/C26H34O3/c1-25-12-10-19(27)16-18(25)8-9-21-22(25)11-13-26(2)23(21)15-17(24(26)28)5-3-6-20-7-4-14-29-20/h3-7,14,18-19,21-23,27H,8-13,15-16H2,1-2H3/b6-3+,17-5+/t18-,19-,21?,22?,23?,25-,26-/m0/s1. The van der Waals surface area contributed by atoms with E-state index in [0.29, 0.717) is 29.0 Å². The molecular formula is C26H34O3. The van der Waals surface area contributed by atoms with E-state index in [-0.39, 0.29) is 11.5 Å². The molecule has 3 nitrogen and oxygen atoms in total. The lowest BCUT2D eigenvalue weighted by atomic mass is 9.45. The largest absolute Gasteiger partial charge is 0.465 e. The van der Waals surface area contributed by atoms with Crippen molar-refractivity contribution in [1.29, 1.82) is 0 Å². The van der Waals surface area contributed by atoms with Crippen LogP contribution < -0.4 is 0 Å². The highest BCUT2D eigenvalue weighted by atomic mass is 16.3. The molecule has 0 aliphatic heterocycles. The normalized spacial score (nSPS) is 46.0. The highest BCUT2D eigenvalue weighted by Gasteiger charge is 2.61. The van der Waals surface area contributed by atoms with Gasteiger partial charge in [-0.25, -0.2) is 0 Å². The van der Waals surface area contributed by atoms with E-state index in [4.69, 9.17) is 4.42 Å². The van der Waals surface area contributed by atoms with Crippen LogP contribution in [0.1, 0.15) is 71.0 Å². The van der Waals surface area contributed by atoms with Crippen LogP contribution in [-0.4, -0.2) is 17.0 Å². The number of hydrogen-bond acceptors (Lipinski definition) is 3. The number of aliphatic hydroxyl groups is 1. The number of fused-ring (bicyclic) bond motifs is 5. The number of carbonyl (C=O) groups excluding carboxylic acids is 1. The average Bonchev–Trinajstić information content (AvgIpc) is 3.30. The minimum Gasteiger partial charge on any atom is -0.465 e. The maximum atomic E-state index is 13.4. The van der Waals surface area contributed by atoms with E-state index in [9.17, 15) is 9.90 Å². The third-order valence-electron chi connectivity index (χ3n) is 9.38. The molecule has 1 heterocycles. The van der Waals surface area contributed by atoms with Crippen molar-refractivity contribution < 1.29 is 14.3 Å². The summed E-state index contributed by atoms with van der Waals surface area (Å²) in [6, 6.07) is 3.81. The molecule has 0 spiro atoms. The molecule has 4 aliphatic carbocycles. The fourth-order valence-corrected chi connectivity index (χ4v) is 7.70.